The minimum atomic E-state index is -4.57. The molecule has 0 bridgehead atoms. The summed E-state index contributed by atoms with van der Waals surface area (Å²) in [5, 5.41) is 52.1. The van der Waals surface area contributed by atoms with Gasteiger partial charge in [0.1, 0.15) is 0 Å². The number of nitrogens with two attached hydrogens (primary N) is 4. The van der Waals surface area contributed by atoms with Gasteiger partial charge in [0.25, 0.3) is 0 Å². The monoisotopic (exact) mass is 1490 g/mol. The van der Waals surface area contributed by atoms with Crippen LogP contribution in [0.1, 0.15) is 55.4 Å². The number of aliphatic hydroxyl groups is 2. The molecule has 0 aromatic carbocycles. The number of carbonyl (C=O) groups is 4. The molecule has 0 saturated carbocycles. The molecule has 0 aliphatic rings. The standard InChI is InChI=1S/C7H16NO5P.2C3H8O.3CH4NO5P.4ClH.4H2N.2Pt.2Zn/c1-5(2)12-14(11,8-7(9)10)13-6(3)4;2*1-3(2)4;3*3-1(4)2-8(5,6)7;;;;;;;;;;;;/h5-6H,1-4H3,(H,8,11)(H,9,10);2*3-4H,1-2H3;3*(H,3,4)(H3,2,5,6,7);4*1H;4*1H2;;;;/q;;;;;;;;;;4*-1;2*+4;;/p-4. The van der Waals surface area contributed by atoms with Gasteiger partial charge >= 0.3 is 126 Å². The first-order chi connectivity index (χ1) is 22.8. The molecule has 0 aromatic heterocycles. The SMILES string of the molecule is CC(C)O.CC(C)O.CC(C)OP(=O)(NC(=O)O)OC(C)C.O=C(O)NP(=O)(O)O.O=C(O)NP(=O)(O)O.O=C(O)NP(=O)(O)O.[Cl][Pt+2][Cl].[Cl][Pt+2][Cl].[NH2-].[NH2-].[NH2-].[NH2-].[Zn].[Zn]. The van der Waals surface area contributed by atoms with Crippen molar-refractivity contribution in [2.75, 3.05) is 0 Å². The summed E-state index contributed by atoms with van der Waals surface area (Å²) in [5.41, 5.74) is 0. The third-order valence-corrected chi connectivity index (χ3v) is 4.97. The number of hydrogen-bond acceptors (Lipinski definition) is 12. The molecule has 0 aliphatic carbocycles. The molecule has 0 rings (SSSR count). The zero-order chi connectivity index (χ0) is 44.3. The molecule has 58 heavy (non-hydrogen) atoms. The Morgan fingerprint density at radius 1 is 0.466 bits per heavy atom. The second-order valence-electron chi connectivity index (χ2n) is 8.38. The fourth-order valence-corrected chi connectivity index (χ4v) is 3.37. The quantitative estimate of drug-likeness (QED) is 0.0894. The van der Waals surface area contributed by atoms with Gasteiger partial charge in [0.2, 0.25) is 0 Å². The van der Waals surface area contributed by atoms with Crippen molar-refractivity contribution < 1.29 is 178 Å². The number of rotatable bonds is 8. The van der Waals surface area contributed by atoms with Crippen molar-refractivity contribution in [3.63, 3.8) is 0 Å². The Morgan fingerprint density at radius 2 is 0.586 bits per heavy atom. The maximum atomic E-state index is 11.7. The van der Waals surface area contributed by atoms with Crippen LogP contribution in [0.15, 0.2) is 0 Å². The number of halogens is 4. The molecular formula is C16H52Cl4N8O22P4Pt2Zn2. The van der Waals surface area contributed by atoms with Crippen molar-refractivity contribution in [2.24, 2.45) is 0 Å². The van der Waals surface area contributed by atoms with E-state index in [1.165, 1.54) is 0 Å². The van der Waals surface area contributed by atoms with Crippen molar-refractivity contribution in [1.82, 2.24) is 20.3 Å². The molecule has 0 fully saturated rings. The number of aliphatic hydroxyl groups excluding tert-OH is 2. The molecule has 4 amide bonds. The molecule has 30 nitrogen and oxygen atoms in total. The smallest absolute Gasteiger partial charge is 0 e. The Balaban J connectivity index is -0.0000000330. The molecular weight excluding hydrogens is 1440 g/mol. The van der Waals surface area contributed by atoms with E-state index in [4.69, 9.17) is 107 Å². The number of hydrogen-bond donors (Lipinski definition) is 16. The van der Waals surface area contributed by atoms with Crippen molar-refractivity contribution in [2.45, 2.75) is 79.8 Å². The van der Waals surface area contributed by atoms with E-state index >= 15 is 0 Å². The van der Waals surface area contributed by atoms with Crippen LogP contribution >= 0.6 is 68.7 Å². The summed E-state index contributed by atoms with van der Waals surface area (Å²) in [4.78, 5) is 85.4. The van der Waals surface area contributed by atoms with Gasteiger partial charge in [-0.2, -0.15) is 0 Å². The van der Waals surface area contributed by atoms with Crippen LogP contribution in [0.4, 0.5) is 19.2 Å². The van der Waals surface area contributed by atoms with Gasteiger partial charge in [-0.25, -0.2) is 57.8 Å². The van der Waals surface area contributed by atoms with Gasteiger partial charge in [0.05, 0.1) is 12.2 Å². The topological polar surface area (TPSA) is 580 Å². The van der Waals surface area contributed by atoms with E-state index in [0.29, 0.717) is 0 Å². The summed E-state index contributed by atoms with van der Waals surface area (Å²) in [6.07, 6.45) is -7.75. The van der Waals surface area contributed by atoms with Crippen LogP contribution in [0.2, 0.25) is 0 Å². The van der Waals surface area contributed by atoms with Crippen molar-refractivity contribution in [1.29, 1.82) is 0 Å². The third-order valence-electron chi connectivity index (χ3n) is 1.66. The van der Waals surface area contributed by atoms with Gasteiger partial charge in [-0.3, -0.25) is 9.05 Å². The Hall–Kier alpha value is 1.22. The molecule has 24 N–H and O–H groups in total. The Bertz CT molecular complexity index is 1030. The summed E-state index contributed by atoms with van der Waals surface area (Å²) in [7, 11) is 2.05. The van der Waals surface area contributed by atoms with E-state index in [2.05, 4.69) is 0 Å². The van der Waals surface area contributed by atoms with E-state index < -0.39 is 88.3 Å². The van der Waals surface area contributed by atoms with Gasteiger partial charge in [0, 0.05) is 51.2 Å². The first-order valence-electron chi connectivity index (χ1n) is 12.0. The van der Waals surface area contributed by atoms with E-state index in [0.717, 1.165) is 15.3 Å². The second kappa shape index (κ2) is 58.2. The molecule has 0 unspecified atom stereocenters. The Kier molecular flexibility index (Phi) is 98.5. The molecule has 0 radical (unpaired) electrons. The van der Waals surface area contributed by atoms with Crippen molar-refractivity contribution in [3.05, 3.63) is 24.6 Å². The van der Waals surface area contributed by atoms with Gasteiger partial charge < -0.3 is 84.6 Å². The Morgan fingerprint density at radius 3 is 0.638 bits per heavy atom. The molecule has 0 aliphatic heterocycles. The number of nitrogens with one attached hydrogen (secondary N) is 4. The van der Waals surface area contributed by atoms with Crippen LogP contribution in [-0.4, -0.2) is 109 Å². The zero-order valence-electron chi connectivity index (χ0n) is 31.4. The van der Waals surface area contributed by atoms with Crippen LogP contribution in [0.25, 0.3) is 24.6 Å². The molecule has 0 aromatic rings. The predicted molar refractivity (Wildman–Crippen MR) is 200 cm³/mol. The minimum Gasteiger partial charge on any atom is -0.693 e. The van der Waals surface area contributed by atoms with Crippen LogP contribution in [0.5, 0.6) is 0 Å². The van der Waals surface area contributed by atoms with E-state index in [1.807, 2.05) is 0 Å². The second-order valence-corrected chi connectivity index (χ2v) is 20.5. The van der Waals surface area contributed by atoms with E-state index in [1.54, 1.807) is 60.5 Å². The molecule has 360 valence electrons. The van der Waals surface area contributed by atoms with Gasteiger partial charge in [-0.15, -0.1) is 0 Å². The van der Waals surface area contributed by atoms with Crippen LogP contribution in [-0.2, 0) is 99.2 Å². The van der Waals surface area contributed by atoms with E-state index in [-0.39, 0.29) is 88.0 Å². The summed E-state index contributed by atoms with van der Waals surface area (Å²) < 4.78 is 50.4. The van der Waals surface area contributed by atoms with Gasteiger partial charge in [-0.1, -0.05) is 0 Å². The average molecular weight is 1500 g/mol. The summed E-state index contributed by atoms with van der Waals surface area (Å²) in [6, 6.07) is 0. The van der Waals surface area contributed by atoms with Crippen molar-refractivity contribution in [3.8, 4) is 0 Å². The Labute approximate surface area is 392 Å². The van der Waals surface area contributed by atoms with Gasteiger partial charge in [-0.05, 0) is 55.4 Å². The minimum absolute atomic E-state index is 0. The largest absolute Gasteiger partial charge is 0.693 e. The fraction of sp³-hybridized carbons (Fsp3) is 0.750. The third kappa shape index (κ3) is 186. The summed E-state index contributed by atoms with van der Waals surface area (Å²) >= 11 is -0.944. The van der Waals surface area contributed by atoms with Crippen LogP contribution in [0, 0.1) is 0 Å². The zero-order valence-corrected chi connectivity index (χ0v) is 48.5. The summed E-state index contributed by atoms with van der Waals surface area (Å²) in [6.45, 7) is 13.4. The molecule has 42 heteroatoms. The first kappa shape index (κ1) is 98.2. The van der Waals surface area contributed by atoms with Crippen molar-refractivity contribution >= 4 is 93.0 Å². The summed E-state index contributed by atoms with van der Waals surface area (Å²) in [5.74, 6) is 0. The van der Waals surface area contributed by atoms with E-state index in [9.17, 15) is 37.4 Å². The predicted octanol–water partition coefficient (Wildman–Crippen LogP) is 6.64. The van der Waals surface area contributed by atoms with Crippen LogP contribution < -0.4 is 20.3 Å². The normalized spacial score (nSPS) is 9.38. The molecule has 0 heterocycles. The molecule has 0 spiro atoms. The maximum Gasteiger partial charge on any atom is 0 e. The maximum absolute atomic E-state index is 11.7. The number of carboxylic acid groups (broad SMARTS) is 4. The number of amides is 4. The molecule has 0 saturated heterocycles. The molecule has 0 atom stereocenters. The van der Waals surface area contributed by atoms with Crippen LogP contribution in [0.3, 0.4) is 0 Å². The average Bonchev–Trinajstić information content (AvgIpc) is 2.73. The van der Waals surface area contributed by atoms with Gasteiger partial charge in [0.15, 0.2) is 0 Å². The first-order valence-corrected chi connectivity index (χ1v) is 29.6. The fourth-order valence-electron chi connectivity index (χ4n) is 1.12.